The van der Waals surface area contributed by atoms with Crippen molar-refractivity contribution in [3.05, 3.63) is 69.2 Å². The SMILES string of the molecule is COc1ccc(C)cc1N1CC(O)=C(c2nc(-c3ccc(C)c(C)c3)cs2)C1=N. The van der Waals surface area contributed by atoms with Crippen molar-refractivity contribution in [3.8, 4) is 17.0 Å². The second-order valence-corrected chi connectivity index (χ2v) is 8.13. The van der Waals surface area contributed by atoms with Crippen molar-refractivity contribution in [2.75, 3.05) is 18.6 Å². The third-order valence-electron chi connectivity index (χ3n) is 5.25. The Morgan fingerprint density at radius 2 is 1.90 bits per heavy atom. The third-order valence-corrected chi connectivity index (χ3v) is 6.11. The molecule has 0 saturated heterocycles. The molecule has 2 N–H and O–H groups in total. The highest BCUT2D eigenvalue weighted by Gasteiger charge is 2.32. The molecule has 5 nitrogen and oxygen atoms in total. The number of aryl methyl sites for hydroxylation is 3. The number of anilines is 1. The molecule has 2 aromatic carbocycles. The van der Waals surface area contributed by atoms with Crippen LogP contribution in [0, 0.1) is 26.2 Å². The number of aliphatic hydroxyl groups excluding tert-OH is 1. The van der Waals surface area contributed by atoms with Crippen LogP contribution in [0.3, 0.4) is 0 Å². The molecule has 0 spiro atoms. The second-order valence-electron chi connectivity index (χ2n) is 7.27. The highest BCUT2D eigenvalue weighted by atomic mass is 32.1. The minimum Gasteiger partial charge on any atom is -0.510 e. The minimum atomic E-state index is 0.152. The Hall–Kier alpha value is -3.12. The van der Waals surface area contributed by atoms with Gasteiger partial charge in [0.25, 0.3) is 0 Å². The van der Waals surface area contributed by atoms with Crippen LogP contribution in [-0.4, -0.2) is 29.6 Å². The molecule has 4 rings (SSSR count). The van der Waals surface area contributed by atoms with Crippen LogP contribution in [0.25, 0.3) is 16.8 Å². The van der Waals surface area contributed by atoms with Crippen LogP contribution in [0.1, 0.15) is 21.7 Å². The van der Waals surface area contributed by atoms with Gasteiger partial charge in [-0.3, -0.25) is 5.41 Å². The summed E-state index contributed by atoms with van der Waals surface area (Å²) in [4.78, 5) is 6.48. The molecule has 6 heteroatoms. The Kier molecular flexibility index (Phi) is 4.88. The van der Waals surface area contributed by atoms with E-state index in [0.29, 0.717) is 16.3 Å². The van der Waals surface area contributed by atoms with Crippen LogP contribution in [-0.2, 0) is 0 Å². The summed E-state index contributed by atoms with van der Waals surface area (Å²) in [5.41, 5.74) is 6.66. The van der Waals surface area contributed by atoms with Crippen molar-refractivity contribution in [2.45, 2.75) is 20.8 Å². The van der Waals surface area contributed by atoms with Crippen molar-refractivity contribution in [3.63, 3.8) is 0 Å². The molecular weight excluding hydrogens is 382 g/mol. The molecule has 1 aromatic heterocycles. The molecule has 0 fully saturated rings. The molecule has 0 amide bonds. The van der Waals surface area contributed by atoms with Gasteiger partial charge >= 0.3 is 0 Å². The molecular formula is C23H23N3O2S. The first-order valence-corrected chi connectivity index (χ1v) is 10.2. The molecule has 29 heavy (non-hydrogen) atoms. The van der Waals surface area contributed by atoms with E-state index in [2.05, 4.69) is 32.0 Å². The number of aromatic nitrogens is 1. The number of nitrogens with zero attached hydrogens (tertiary/aromatic N) is 2. The number of benzene rings is 2. The van der Waals surface area contributed by atoms with E-state index in [9.17, 15) is 5.11 Å². The van der Waals surface area contributed by atoms with E-state index in [0.717, 1.165) is 22.5 Å². The van der Waals surface area contributed by atoms with E-state index in [1.54, 1.807) is 12.0 Å². The molecule has 0 saturated carbocycles. The van der Waals surface area contributed by atoms with Crippen LogP contribution < -0.4 is 9.64 Å². The second kappa shape index (κ2) is 7.37. The van der Waals surface area contributed by atoms with Gasteiger partial charge in [-0.1, -0.05) is 18.2 Å². The first-order valence-electron chi connectivity index (χ1n) is 9.35. The molecule has 0 atom stereocenters. The lowest BCUT2D eigenvalue weighted by Gasteiger charge is -2.21. The number of amidine groups is 1. The minimum absolute atomic E-state index is 0.152. The van der Waals surface area contributed by atoms with Crippen molar-refractivity contribution in [1.29, 1.82) is 5.41 Å². The number of rotatable bonds is 4. The van der Waals surface area contributed by atoms with Gasteiger partial charge < -0.3 is 14.7 Å². The van der Waals surface area contributed by atoms with E-state index < -0.39 is 0 Å². The number of aliphatic hydroxyl groups is 1. The molecule has 1 aliphatic heterocycles. The smallest absolute Gasteiger partial charge is 0.142 e. The molecule has 3 aromatic rings. The summed E-state index contributed by atoms with van der Waals surface area (Å²) in [6.07, 6.45) is 0. The average Bonchev–Trinajstić information content (AvgIpc) is 3.28. The third kappa shape index (κ3) is 3.40. The number of ether oxygens (including phenoxy) is 1. The van der Waals surface area contributed by atoms with E-state index in [-0.39, 0.29) is 18.1 Å². The monoisotopic (exact) mass is 405 g/mol. The fourth-order valence-electron chi connectivity index (χ4n) is 3.44. The molecule has 0 bridgehead atoms. The maximum atomic E-state index is 10.7. The lowest BCUT2D eigenvalue weighted by molar-refractivity contribution is 0.406. The number of hydrogen-bond donors (Lipinski definition) is 2. The first-order chi connectivity index (χ1) is 13.9. The highest BCUT2D eigenvalue weighted by molar-refractivity contribution is 7.11. The van der Waals surface area contributed by atoms with Crippen LogP contribution in [0.2, 0.25) is 0 Å². The van der Waals surface area contributed by atoms with Crippen molar-refractivity contribution >= 4 is 28.4 Å². The standard InChI is InChI=1S/C23H23N3O2S/c1-13-5-8-20(28-4)18(9-13)26-11-19(27)21(22(26)24)23-25-17(12-29-23)16-7-6-14(2)15(3)10-16/h5-10,12,24,27H,11H2,1-4H3. The van der Waals surface area contributed by atoms with Crippen LogP contribution in [0.5, 0.6) is 5.75 Å². The molecule has 2 heterocycles. The maximum absolute atomic E-state index is 10.7. The zero-order valence-electron chi connectivity index (χ0n) is 16.9. The average molecular weight is 406 g/mol. The normalized spacial score (nSPS) is 14.1. The largest absolute Gasteiger partial charge is 0.510 e. The van der Waals surface area contributed by atoms with Crippen molar-refractivity contribution < 1.29 is 9.84 Å². The predicted molar refractivity (Wildman–Crippen MR) is 119 cm³/mol. The van der Waals surface area contributed by atoms with Crippen LogP contribution in [0.15, 0.2) is 47.5 Å². The highest BCUT2D eigenvalue weighted by Crippen LogP contribution is 2.38. The van der Waals surface area contributed by atoms with Gasteiger partial charge in [0.2, 0.25) is 0 Å². The summed E-state index contributed by atoms with van der Waals surface area (Å²) in [5.74, 6) is 1.05. The number of methoxy groups -OCH3 is 1. The quantitative estimate of drug-likeness (QED) is 0.600. The van der Waals surface area contributed by atoms with E-state index in [4.69, 9.17) is 15.1 Å². The topological polar surface area (TPSA) is 69.4 Å². The zero-order valence-corrected chi connectivity index (χ0v) is 17.7. The molecule has 0 unspecified atom stereocenters. The molecule has 1 aliphatic rings. The van der Waals surface area contributed by atoms with E-state index in [1.165, 1.54) is 22.5 Å². The van der Waals surface area contributed by atoms with Gasteiger partial charge in [0.1, 0.15) is 22.4 Å². The van der Waals surface area contributed by atoms with Crippen molar-refractivity contribution in [1.82, 2.24) is 4.98 Å². The maximum Gasteiger partial charge on any atom is 0.142 e. The summed E-state index contributed by atoms with van der Waals surface area (Å²) in [7, 11) is 1.61. The Balaban J connectivity index is 1.67. The lowest BCUT2D eigenvalue weighted by atomic mass is 10.1. The first kappa shape index (κ1) is 19.2. The number of thiazole rings is 1. The molecule has 148 valence electrons. The summed E-state index contributed by atoms with van der Waals surface area (Å²) in [5, 5.41) is 22.0. The Morgan fingerprint density at radius 1 is 1.10 bits per heavy atom. The van der Waals surface area contributed by atoms with Gasteiger partial charge in [-0.25, -0.2) is 4.98 Å². The fraction of sp³-hybridized carbons (Fsp3) is 0.217. The summed E-state index contributed by atoms with van der Waals surface area (Å²) >= 11 is 1.44. The fourth-order valence-corrected chi connectivity index (χ4v) is 4.34. The number of nitrogens with one attached hydrogen (secondary N) is 1. The summed E-state index contributed by atoms with van der Waals surface area (Å²) < 4.78 is 5.47. The van der Waals surface area contributed by atoms with Crippen molar-refractivity contribution in [2.24, 2.45) is 0 Å². The van der Waals surface area contributed by atoms with Crippen LogP contribution in [0.4, 0.5) is 5.69 Å². The zero-order chi connectivity index (χ0) is 20.7. The van der Waals surface area contributed by atoms with E-state index in [1.807, 2.05) is 30.5 Å². The Labute approximate surface area is 174 Å². The summed E-state index contributed by atoms with van der Waals surface area (Å²) in [6.45, 7) is 6.39. The van der Waals surface area contributed by atoms with Gasteiger partial charge in [-0.15, -0.1) is 11.3 Å². The van der Waals surface area contributed by atoms with Gasteiger partial charge in [-0.05, 0) is 55.7 Å². The molecule has 0 aliphatic carbocycles. The lowest BCUT2D eigenvalue weighted by Crippen LogP contribution is -2.26. The Morgan fingerprint density at radius 3 is 2.62 bits per heavy atom. The van der Waals surface area contributed by atoms with Crippen LogP contribution >= 0.6 is 11.3 Å². The summed E-state index contributed by atoms with van der Waals surface area (Å²) in [6, 6.07) is 12.1. The molecule has 0 radical (unpaired) electrons. The Bertz CT molecular complexity index is 1150. The van der Waals surface area contributed by atoms with Gasteiger partial charge in [0, 0.05) is 10.9 Å². The predicted octanol–water partition coefficient (Wildman–Crippen LogP) is 5.51. The number of hydrogen-bond acceptors (Lipinski definition) is 5. The van der Waals surface area contributed by atoms with E-state index >= 15 is 0 Å². The van der Waals surface area contributed by atoms with Gasteiger partial charge in [0.15, 0.2) is 0 Å². The van der Waals surface area contributed by atoms with Gasteiger partial charge in [-0.2, -0.15) is 0 Å². The van der Waals surface area contributed by atoms with Gasteiger partial charge in [0.05, 0.1) is 30.6 Å².